The highest BCUT2D eigenvalue weighted by molar-refractivity contribution is 7.89. The number of aryl methyl sites for hydroxylation is 2. The number of hydrogen-bond donors (Lipinski definition) is 0. The minimum atomic E-state index is -3.75. The fourth-order valence-corrected chi connectivity index (χ4v) is 6.62. The maximum atomic E-state index is 13.2. The first kappa shape index (κ1) is 25.9. The quantitative estimate of drug-likeness (QED) is 0.325. The molecule has 38 heavy (non-hydrogen) atoms. The zero-order chi connectivity index (χ0) is 26.7. The van der Waals surface area contributed by atoms with Gasteiger partial charge in [-0.3, -0.25) is 0 Å². The summed E-state index contributed by atoms with van der Waals surface area (Å²) in [4.78, 5) is 6.84. The Morgan fingerprint density at radius 1 is 0.921 bits per heavy atom. The van der Waals surface area contributed by atoms with E-state index < -0.39 is 10.0 Å². The molecule has 0 amide bonds. The minimum Gasteiger partial charge on any atom is -0.457 e. The number of ether oxygens (including phenoxy) is 1. The van der Waals surface area contributed by atoms with Crippen molar-refractivity contribution in [2.24, 2.45) is 0 Å². The maximum Gasteiger partial charge on any atom is 0.244 e. The summed E-state index contributed by atoms with van der Waals surface area (Å²) in [6.45, 7) is 5.51. The van der Waals surface area contributed by atoms with Gasteiger partial charge in [0.25, 0.3) is 0 Å². The van der Waals surface area contributed by atoms with Crippen LogP contribution < -0.4 is 9.64 Å². The van der Waals surface area contributed by atoms with Crippen LogP contribution in [0.5, 0.6) is 11.5 Å². The summed E-state index contributed by atoms with van der Waals surface area (Å²) in [5.74, 6) is 2.29. The molecule has 0 saturated carbocycles. The highest BCUT2D eigenvalue weighted by Crippen LogP contribution is 2.26. The molecule has 0 atom stereocenters. The molecule has 0 N–H and O–H groups in total. The Labute approximate surface area is 227 Å². The third-order valence-electron chi connectivity index (χ3n) is 6.38. The number of piperazine rings is 1. The average Bonchev–Trinajstić information content (AvgIpc) is 3.39. The normalized spacial score (nSPS) is 14.3. The van der Waals surface area contributed by atoms with Gasteiger partial charge in [0.15, 0.2) is 0 Å². The molecule has 194 valence electrons. The van der Waals surface area contributed by atoms with Gasteiger partial charge in [-0.25, -0.2) is 13.4 Å². The fraction of sp³-hybridized carbons (Fsp3) is 0.250. The van der Waals surface area contributed by atoms with Crippen molar-refractivity contribution in [1.29, 1.82) is 5.26 Å². The Balaban J connectivity index is 1.19. The number of nitriles is 1. The van der Waals surface area contributed by atoms with Crippen molar-refractivity contribution >= 4 is 26.7 Å². The van der Waals surface area contributed by atoms with Gasteiger partial charge in [-0.05, 0) is 61.4 Å². The maximum absolute atomic E-state index is 13.2. The molecule has 0 aliphatic carbocycles. The van der Waals surface area contributed by atoms with Gasteiger partial charge in [0.2, 0.25) is 15.2 Å². The molecule has 2 heterocycles. The standard InChI is InChI=1S/C28H27N5O3S2/c1-20-4-9-24(10-5-20)36-25-11-6-22(7-12-25)18-27-30-28(37-31-27)32-13-15-33(16-14-32)38(34,35)26-17-21(2)3-8-23(26)19-29/h3-12,17H,13-16,18H2,1-2H3. The van der Waals surface area contributed by atoms with Gasteiger partial charge in [0.1, 0.15) is 28.3 Å². The molecule has 3 aromatic carbocycles. The molecule has 4 aromatic rings. The molecule has 1 aliphatic heterocycles. The third kappa shape index (κ3) is 5.70. The fourth-order valence-electron chi connectivity index (χ4n) is 4.24. The molecule has 1 aliphatic rings. The first-order chi connectivity index (χ1) is 18.3. The van der Waals surface area contributed by atoms with Crippen molar-refractivity contribution in [3.05, 3.63) is 94.8 Å². The molecular weight excluding hydrogens is 518 g/mol. The van der Waals surface area contributed by atoms with Crippen LogP contribution in [0.25, 0.3) is 0 Å². The Morgan fingerprint density at radius 2 is 1.55 bits per heavy atom. The summed E-state index contributed by atoms with van der Waals surface area (Å²) in [6.07, 6.45) is 0.597. The van der Waals surface area contributed by atoms with Crippen LogP contribution in [-0.4, -0.2) is 48.3 Å². The van der Waals surface area contributed by atoms with Crippen LogP contribution in [0.2, 0.25) is 0 Å². The van der Waals surface area contributed by atoms with E-state index in [1.807, 2.05) is 68.4 Å². The van der Waals surface area contributed by atoms with Crippen molar-refractivity contribution < 1.29 is 13.2 Å². The minimum absolute atomic E-state index is 0.0712. The summed E-state index contributed by atoms with van der Waals surface area (Å²) >= 11 is 1.32. The lowest BCUT2D eigenvalue weighted by Gasteiger charge is -2.33. The second kappa shape index (κ2) is 10.9. The molecule has 10 heteroatoms. The van der Waals surface area contributed by atoms with Crippen LogP contribution in [0.15, 0.2) is 71.6 Å². The number of anilines is 1. The van der Waals surface area contributed by atoms with E-state index in [0.717, 1.165) is 33.6 Å². The van der Waals surface area contributed by atoms with Crippen LogP contribution in [-0.2, 0) is 16.4 Å². The second-order valence-corrected chi connectivity index (χ2v) is 11.9. The van der Waals surface area contributed by atoms with E-state index in [9.17, 15) is 13.7 Å². The van der Waals surface area contributed by atoms with Crippen LogP contribution >= 0.6 is 11.5 Å². The predicted octanol–water partition coefficient (Wildman–Crippen LogP) is 4.92. The van der Waals surface area contributed by atoms with E-state index >= 15 is 0 Å². The van der Waals surface area contributed by atoms with E-state index in [1.54, 1.807) is 18.2 Å². The van der Waals surface area contributed by atoms with E-state index in [0.29, 0.717) is 32.6 Å². The molecular formula is C28H27N5O3S2. The van der Waals surface area contributed by atoms with Crippen LogP contribution in [0.4, 0.5) is 5.13 Å². The van der Waals surface area contributed by atoms with Crippen molar-refractivity contribution in [1.82, 2.24) is 13.7 Å². The van der Waals surface area contributed by atoms with E-state index in [2.05, 4.69) is 9.27 Å². The van der Waals surface area contributed by atoms with Gasteiger partial charge in [0, 0.05) is 44.1 Å². The first-order valence-corrected chi connectivity index (χ1v) is 14.4. The lowest BCUT2D eigenvalue weighted by Crippen LogP contribution is -2.48. The Kier molecular flexibility index (Phi) is 7.42. The lowest BCUT2D eigenvalue weighted by atomic mass is 10.1. The monoisotopic (exact) mass is 545 g/mol. The number of nitrogens with zero attached hydrogens (tertiary/aromatic N) is 5. The highest BCUT2D eigenvalue weighted by atomic mass is 32.2. The first-order valence-electron chi connectivity index (χ1n) is 12.2. The molecule has 1 saturated heterocycles. The topological polar surface area (TPSA) is 99.4 Å². The highest BCUT2D eigenvalue weighted by Gasteiger charge is 2.31. The van der Waals surface area contributed by atoms with Gasteiger partial charge in [-0.1, -0.05) is 35.9 Å². The van der Waals surface area contributed by atoms with E-state index in [-0.39, 0.29) is 10.5 Å². The molecule has 0 radical (unpaired) electrons. The summed E-state index contributed by atoms with van der Waals surface area (Å²) in [7, 11) is -3.75. The molecule has 5 rings (SSSR count). The zero-order valence-electron chi connectivity index (χ0n) is 21.2. The number of sulfonamides is 1. The van der Waals surface area contributed by atoms with Gasteiger partial charge >= 0.3 is 0 Å². The number of rotatable bonds is 7. The Hall–Kier alpha value is -3.78. The Morgan fingerprint density at radius 3 is 2.21 bits per heavy atom. The number of hydrogen-bond acceptors (Lipinski definition) is 8. The van der Waals surface area contributed by atoms with Crippen molar-refractivity contribution in [2.75, 3.05) is 31.1 Å². The second-order valence-electron chi connectivity index (χ2n) is 9.23. The van der Waals surface area contributed by atoms with Gasteiger partial charge in [-0.15, -0.1) is 0 Å². The van der Waals surface area contributed by atoms with Crippen molar-refractivity contribution in [3.63, 3.8) is 0 Å². The zero-order valence-corrected chi connectivity index (χ0v) is 22.8. The summed E-state index contributed by atoms with van der Waals surface area (Å²) in [5.41, 5.74) is 3.23. The largest absolute Gasteiger partial charge is 0.457 e. The Bertz CT molecular complexity index is 1570. The van der Waals surface area contributed by atoms with Gasteiger partial charge in [-0.2, -0.15) is 13.9 Å². The van der Waals surface area contributed by atoms with Crippen molar-refractivity contribution in [2.45, 2.75) is 25.2 Å². The molecule has 0 bridgehead atoms. The van der Waals surface area contributed by atoms with Crippen molar-refractivity contribution in [3.8, 4) is 17.6 Å². The third-order valence-corrected chi connectivity index (χ3v) is 9.14. The summed E-state index contributed by atoms with van der Waals surface area (Å²) < 4.78 is 38.3. The molecule has 1 aromatic heterocycles. The number of benzene rings is 3. The summed E-state index contributed by atoms with van der Waals surface area (Å²) in [5, 5.41) is 10.2. The SMILES string of the molecule is Cc1ccc(Oc2ccc(Cc3nsc(N4CCN(S(=O)(=O)c5cc(C)ccc5C#N)CC4)n3)cc2)cc1. The van der Waals surface area contributed by atoms with Crippen LogP contribution in [0, 0.1) is 25.2 Å². The average molecular weight is 546 g/mol. The lowest BCUT2D eigenvalue weighted by molar-refractivity contribution is 0.384. The van der Waals surface area contributed by atoms with Crippen LogP contribution in [0.1, 0.15) is 28.1 Å². The van der Waals surface area contributed by atoms with Gasteiger partial charge in [0.05, 0.1) is 5.56 Å². The van der Waals surface area contributed by atoms with Gasteiger partial charge < -0.3 is 9.64 Å². The molecule has 8 nitrogen and oxygen atoms in total. The number of aromatic nitrogens is 2. The predicted molar refractivity (Wildman–Crippen MR) is 147 cm³/mol. The van der Waals surface area contributed by atoms with E-state index in [1.165, 1.54) is 21.4 Å². The molecule has 1 fully saturated rings. The molecule has 0 unspecified atom stereocenters. The summed E-state index contributed by atoms with van der Waals surface area (Å²) in [6, 6.07) is 22.7. The molecule has 0 spiro atoms. The van der Waals surface area contributed by atoms with Crippen LogP contribution in [0.3, 0.4) is 0 Å². The van der Waals surface area contributed by atoms with E-state index in [4.69, 9.17) is 9.72 Å². The smallest absolute Gasteiger partial charge is 0.244 e.